The Morgan fingerprint density at radius 3 is 2.62 bits per heavy atom. The van der Waals surface area contributed by atoms with Crippen LogP contribution in [0.15, 0.2) is 0 Å². The number of unbranched alkanes of at least 4 members (excludes halogenated alkanes) is 1. The minimum Gasteiger partial charge on any atom is -0.356 e. The Morgan fingerprint density at radius 2 is 2.00 bits per heavy atom. The van der Waals surface area contributed by atoms with Crippen molar-refractivity contribution in [3.63, 3.8) is 0 Å². The Morgan fingerprint density at radius 1 is 1.31 bits per heavy atom. The average Bonchev–Trinajstić information content (AvgIpc) is 2.19. The molecule has 0 saturated heterocycles. The van der Waals surface area contributed by atoms with Crippen molar-refractivity contribution in [3.05, 3.63) is 6.92 Å². The lowest BCUT2D eigenvalue weighted by molar-refractivity contribution is -0.125. The zero-order valence-electron chi connectivity index (χ0n) is 8.35. The van der Waals surface area contributed by atoms with E-state index in [0.717, 1.165) is 32.2 Å². The second-order valence-electron chi connectivity index (χ2n) is 3.83. The summed E-state index contributed by atoms with van der Waals surface area (Å²) in [6.07, 6.45) is 7.86. The Kier molecular flexibility index (Phi) is 4.87. The molecule has 1 aliphatic carbocycles. The maximum Gasteiger partial charge on any atom is 0.223 e. The summed E-state index contributed by atoms with van der Waals surface area (Å²) in [6, 6.07) is 0. The van der Waals surface area contributed by atoms with E-state index >= 15 is 0 Å². The summed E-state index contributed by atoms with van der Waals surface area (Å²) in [6.45, 7) is 4.55. The van der Waals surface area contributed by atoms with Crippen molar-refractivity contribution in [3.8, 4) is 0 Å². The van der Waals surface area contributed by atoms with Crippen molar-refractivity contribution < 1.29 is 4.79 Å². The van der Waals surface area contributed by atoms with Crippen molar-refractivity contribution in [2.75, 3.05) is 6.54 Å². The van der Waals surface area contributed by atoms with Gasteiger partial charge in [0.1, 0.15) is 0 Å². The van der Waals surface area contributed by atoms with Crippen LogP contribution in [-0.2, 0) is 4.79 Å². The van der Waals surface area contributed by atoms with Crippen LogP contribution in [0, 0.1) is 12.8 Å². The second-order valence-corrected chi connectivity index (χ2v) is 3.83. The van der Waals surface area contributed by atoms with Crippen LogP contribution < -0.4 is 5.32 Å². The Hall–Kier alpha value is -0.530. The first kappa shape index (κ1) is 10.6. The molecule has 0 aromatic carbocycles. The van der Waals surface area contributed by atoms with Crippen LogP contribution in [0.25, 0.3) is 0 Å². The predicted octanol–water partition coefficient (Wildman–Crippen LogP) is 2.30. The van der Waals surface area contributed by atoms with Crippen LogP contribution in [0.1, 0.15) is 44.9 Å². The van der Waals surface area contributed by atoms with Gasteiger partial charge in [-0.25, -0.2) is 0 Å². The maximum atomic E-state index is 11.5. The Balaban J connectivity index is 2.13. The van der Waals surface area contributed by atoms with Gasteiger partial charge in [0.2, 0.25) is 5.91 Å². The van der Waals surface area contributed by atoms with Crippen LogP contribution in [0.5, 0.6) is 0 Å². The second kappa shape index (κ2) is 6.01. The maximum absolute atomic E-state index is 11.5. The highest BCUT2D eigenvalue weighted by molar-refractivity contribution is 5.78. The molecule has 1 rings (SSSR count). The molecule has 1 fully saturated rings. The molecular formula is C11H20NO. The molecule has 1 saturated carbocycles. The summed E-state index contributed by atoms with van der Waals surface area (Å²) < 4.78 is 0. The molecule has 0 bridgehead atoms. The van der Waals surface area contributed by atoms with Crippen LogP contribution >= 0.6 is 0 Å². The summed E-state index contributed by atoms with van der Waals surface area (Å²) in [4.78, 5) is 11.5. The lowest BCUT2D eigenvalue weighted by Gasteiger charge is -2.20. The molecule has 0 heterocycles. The minimum absolute atomic E-state index is 0.271. The summed E-state index contributed by atoms with van der Waals surface area (Å²) >= 11 is 0. The summed E-state index contributed by atoms with van der Waals surface area (Å²) in [5.74, 6) is 0.576. The van der Waals surface area contributed by atoms with E-state index in [9.17, 15) is 4.79 Å². The van der Waals surface area contributed by atoms with E-state index in [1.807, 2.05) is 0 Å². The number of hydrogen-bond acceptors (Lipinski definition) is 1. The largest absolute Gasteiger partial charge is 0.356 e. The fourth-order valence-electron chi connectivity index (χ4n) is 1.85. The number of hydrogen-bond donors (Lipinski definition) is 1. The van der Waals surface area contributed by atoms with Gasteiger partial charge in [-0.15, -0.1) is 0 Å². The zero-order valence-corrected chi connectivity index (χ0v) is 8.35. The van der Waals surface area contributed by atoms with Crippen LogP contribution in [0.4, 0.5) is 0 Å². The van der Waals surface area contributed by atoms with Gasteiger partial charge in [-0.2, -0.15) is 0 Å². The Bertz CT molecular complexity index is 150. The Labute approximate surface area is 81.1 Å². The van der Waals surface area contributed by atoms with Gasteiger partial charge in [-0.3, -0.25) is 4.79 Å². The molecule has 1 amide bonds. The fraction of sp³-hybridized carbons (Fsp3) is 0.818. The van der Waals surface area contributed by atoms with E-state index in [2.05, 4.69) is 12.2 Å². The SMILES string of the molecule is [CH2]CCCNC(=O)C1CCCCC1. The quantitative estimate of drug-likeness (QED) is 0.664. The molecule has 0 atom stereocenters. The predicted molar refractivity (Wildman–Crippen MR) is 54.2 cm³/mol. The summed E-state index contributed by atoms with van der Waals surface area (Å²) in [7, 11) is 0. The summed E-state index contributed by atoms with van der Waals surface area (Å²) in [5.41, 5.74) is 0. The zero-order chi connectivity index (χ0) is 9.52. The molecule has 13 heavy (non-hydrogen) atoms. The number of carbonyl (C=O) groups is 1. The van der Waals surface area contributed by atoms with Gasteiger partial charge in [0.25, 0.3) is 0 Å². The van der Waals surface area contributed by atoms with Crippen molar-refractivity contribution >= 4 is 5.91 Å². The highest BCUT2D eigenvalue weighted by Crippen LogP contribution is 2.23. The third-order valence-electron chi connectivity index (χ3n) is 2.70. The summed E-state index contributed by atoms with van der Waals surface area (Å²) in [5, 5.41) is 2.97. The van der Waals surface area contributed by atoms with Crippen molar-refractivity contribution in [1.82, 2.24) is 5.32 Å². The first-order chi connectivity index (χ1) is 6.34. The molecule has 1 radical (unpaired) electrons. The van der Waals surface area contributed by atoms with Gasteiger partial charge in [0.05, 0.1) is 0 Å². The molecule has 75 valence electrons. The number of rotatable bonds is 4. The van der Waals surface area contributed by atoms with Crippen molar-refractivity contribution in [2.24, 2.45) is 5.92 Å². The van der Waals surface area contributed by atoms with Gasteiger partial charge in [-0.1, -0.05) is 32.6 Å². The topological polar surface area (TPSA) is 29.1 Å². The van der Waals surface area contributed by atoms with E-state index in [1.165, 1.54) is 19.3 Å². The van der Waals surface area contributed by atoms with Crippen molar-refractivity contribution in [2.45, 2.75) is 44.9 Å². The highest BCUT2D eigenvalue weighted by Gasteiger charge is 2.19. The lowest BCUT2D eigenvalue weighted by Crippen LogP contribution is -2.32. The molecule has 0 aromatic rings. The van der Waals surface area contributed by atoms with E-state index < -0.39 is 0 Å². The number of amides is 1. The van der Waals surface area contributed by atoms with E-state index in [4.69, 9.17) is 0 Å². The van der Waals surface area contributed by atoms with E-state index in [0.29, 0.717) is 5.92 Å². The molecule has 1 N–H and O–H groups in total. The molecule has 2 nitrogen and oxygen atoms in total. The molecule has 0 spiro atoms. The first-order valence-corrected chi connectivity index (χ1v) is 5.41. The third kappa shape index (κ3) is 3.79. The van der Waals surface area contributed by atoms with Gasteiger partial charge < -0.3 is 5.32 Å². The molecule has 0 aliphatic heterocycles. The van der Waals surface area contributed by atoms with E-state index in [-0.39, 0.29) is 5.91 Å². The van der Waals surface area contributed by atoms with Crippen molar-refractivity contribution in [1.29, 1.82) is 0 Å². The highest BCUT2D eigenvalue weighted by atomic mass is 16.1. The van der Waals surface area contributed by atoms with Crippen LogP contribution in [0.3, 0.4) is 0 Å². The number of nitrogens with one attached hydrogen (secondary N) is 1. The smallest absolute Gasteiger partial charge is 0.223 e. The van der Waals surface area contributed by atoms with Gasteiger partial charge in [0, 0.05) is 12.5 Å². The van der Waals surface area contributed by atoms with Gasteiger partial charge >= 0.3 is 0 Å². The third-order valence-corrected chi connectivity index (χ3v) is 2.70. The molecule has 1 aliphatic rings. The minimum atomic E-state index is 0.271. The van der Waals surface area contributed by atoms with Gasteiger partial charge in [-0.05, 0) is 19.3 Å². The monoisotopic (exact) mass is 182 g/mol. The number of carbonyl (C=O) groups excluding carboxylic acids is 1. The van der Waals surface area contributed by atoms with Crippen LogP contribution in [0.2, 0.25) is 0 Å². The average molecular weight is 182 g/mol. The lowest BCUT2D eigenvalue weighted by atomic mass is 9.89. The molecule has 0 unspecified atom stereocenters. The molecular weight excluding hydrogens is 162 g/mol. The molecule has 0 aromatic heterocycles. The van der Waals surface area contributed by atoms with Crippen LogP contribution in [-0.4, -0.2) is 12.5 Å². The molecule has 2 heteroatoms. The fourth-order valence-corrected chi connectivity index (χ4v) is 1.85. The standard InChI is InChI=1S/C11H20NO/c1-2-3-9-12-11(13)10-7-5-4-6-8-10/h10H,1-9H2,(H,12,13). The van der Waals surface area contributed by atoms with E-state index in [1.54, 1.807) is 0 Å². The first-order valence-electron chi connectivity index (χ1n) is 5.41. The van der Waals surface area contributed by atoms with Gasteiger partial charge in [0.15, 0.2) is 0 Å². The normalized spacial score (nSPS) is 18.5.